The summed E-state index contributed by atoms with van der Waals surface area (Å²) in [5, 5.41) is 7.68. The monoisotopic (exact) mass is 604 g/mol. The lowest BCUT2D eigenvalue weighted by Gasteiger charge is -2.21. The van der Waals surface area contributed by atoms with Crippen molar-refractivity contribution in [2.75, 3.05) is 29.5 Å². The van der Waals surface area contributed by atoms with Crippen molar-refractivity contribution < 1.29 is 21.6 Å². The first kappa shape index (κ1) is 30.2. The average molecular weight is 605 g/mol. The van der Waals surface area contributed by atoms with E-state index in [2.05, 4.69) is 15.6 Å². The molecule has 1 aliphatic heterocycles. The molecule has 1 atom stereocenters. The zero-order chi connectivity index (χ0) is 28.9. The number of carbonyl (C=O) groups excluding carboxylic acids is 1. The molecule has 2 N–H and O–H groups in total. The second kappa shape index (κ2) is 12.8. The molecule has 9 nitrogen and oxygen atoms in total. The molecule has 40 heavy (non-hydrogen) atoms. The molecular weight excluding hydrogens is 569 g/mol. The number of thiazole rings is 1. The smallest absolute Gasteiger partial charge is 0.243 e. The van der Waals surface area contributed by atoms with Gasteiger partial charge in [0.2, 0.25) is 15.9 Å². The molecule has 4 rings (SSSR count). The Hall–Kier alpha value is -2.80. The van der Waals surface area contributed by atoms with E-state index in [-0.39, 0.29) is 23.0 Å². The highest BCUT2D eigenvalue weighted by molar-refractivity contribution is 7.92. The Morgan fingerprint density at radius 3 is 2.40 bits per heavy atom. The molecule has 0 radical (unpaired) electrons. The average Bonchev–Trinajstić information content (AvgIpc) is 3.59. The number of fused-ring (bicyclic) bond motifs is 1. The number of aryl methyl sites for hydroxylation is 1. The SMILES string of the molecule is CCCN(CCC)S(=O)(=O)c1ccc(CCC(=O)Nc2nc(-c3ccc4c(c3)CC(S(=O)(=O)CC)N4)cs2)cc1. The highest BCUT2D eigenvalue weighted by Crippen LogP contribution is 2.33. The normalized spacial score (nSPS) is 15.2. The van der Waals surface area contributed by atoms with Crippen LogP contribution in [0.1, 0.15) is 51.2 Å². The summed E-state index contributed by atoms with van der Waals surface area (Å²) in [5.41, 5.74) is 4.20. The van der Waals surface area contributed by atoms with Gasteiger partial charge in [-0.1, -0.05) is 39.0 Å². The molecule has 0 bridgehead atoms. The van der Waals surface area contributed by atoms with Crippen molar-refractivity contribution in [1.29, 1.82) is 0 Å². The second-order valence-electron chi connectivity index (χ2n) is 9.79. The van der Waals surface area contributed by atoms with E-state index in [1.54, 1.807) is 31.2 Å². The van der Waals surface area contributed by atoms with Gasteiger partial charge in [-0.3, -0.25) is 4.79 Å². The number of rotatable bonds is 13. The van der Waals surface area contributed by atoms with Crippen molar-refractivity contribution in [1.82, 2.24) is 9.29 Å². The van der Waals surface area contributed by atoms with Gasteiger partial charge in [-0.25, -0.2) is 21.8 Å². The molecule has 12 heteroatoms. The van der Waals surface area contributed by atoms with Gasteiger partial charge in [-0.15, -0.1) is 11.3 Å². The Morgan fingerprint density at radius 2 is 1.75 bits per heavy atom. The van der Waals surface area contributed by atoms with Crippen LogP contribution in [-0.2, 0) is 37.5 Å². The summed E-state index contributed by atoms with van der Waals surface area (Å²) in [6.07, 6.45) is 2.62. The van der Waals surface area contributed by atoms with Gasteiger partial charge < -0.3 is 10.6 Å². The van der Waals surface area contributed by atoms with Crippen LogP contribution in [0, 0.1) is 0 Å². The van der Waals surface area contributed by atoms with E-state index < -0.39 is 25.2 Å². The third-order valence-electron chi connectivity index (χ3n) is 6.86. The van der Waals surface area contributed by atoms with E-state index in [1.807, 2.05) is 37.4 Å². The maximum atomic E-state index is 12.9. The number of carbonyl (C=O) groups is 1. The lowest BCUT2D eigenvalue weighted by atomic mass is 10.1. The summed E-state index contributed by atoms with van der Waals surface area (Å²) in [4.78, 5) is 17.4. The van der Waals surface area contributed by atoms with Crippen molar-refractivity contribution in [3.63, 3.8) is 0 Å². The van der Waals surface area contributed by atoms with Crippen molar-refractivity contribution in [3.8, 4) is 11.3 Å². The van der Waals surface area contributed by atoms with E-state index in [4.69, 9.17) is 0 Å². The van der Waals surface area contributed by atoms with Crippen LogP contribution < -0.4 is 10.6 Å². The van der Waals surface area contributed by atoms with Crippen LogP contribution >= 0.6 is 11.3 Å². The Kier molecular flexibility index (Phi) is 9.65. The van der Waals surface area contributed by atoms with Crippen LogP contribution in [0.25, 0.3) is 11.3 Å². The number of hydrogen-bond acceptors (Lipinski definition) is 8. The van der Waals surface area contributed by atoms with Crippen molar-refractivity contribution in [2.45, 2.75) is 63.1 Å². The first-order chi connectivity index (χ1) is 19.1. The number of sulfonamides is 1. The highest BCUT2D eigenvalue weighted by atomic mass is 32.2. The predicted molar refractivity (Wildman–Crippen MR) is 161 cm³/mol. The molecule has 1 aliphatic rings. The molecule has 0 aliphatic carbocycles. The number of nitrogens with one attached hydrogen (secondary N) is 2. The minimum absolute atomic E-state index is 0.0880. The quantitative estimate of drug-likeness (QED) is 0.284. The minimum atomic E-state index is -3.53. The van der Waals surface area contributed by atoms with Gasteiger partial charge in [-0.05, 0) is 54.7 Å². The number of sulfone groups is 1. The maximum absolute atomic E-state index is 12.9. The van der Waals surface area contributed by atoms with E-state index in [0.29, 0.717) is 36.8 Å². The molecule has 2 aromatic carbocycles. The topological polar surface area (TPSA) is 126 Å². The highest BCUT2D eigenvalue weighted by Gasteiger charge is 2.30. The molecule has 3 aromatic rings. The summed E-state index contributed by atoms with van der Waals surface area (Å²) in [6.45, 7) is 6.55. The van der Waals surface area contributed by atoms with Crippen LogP contribution in [0.5, 0.6) is 0 Å². The third kappa shape index (κ3) is 6.91. The number of amides is 1. The van der Waals surface area contributed by atoms with Gasteiger partial charge in [0.25, 0.3) is 0 Å². The van der Waals surface area contributed by atoms with Crippen LogP contribution in [0.3, 0.4) is 0 Å². The molecule has 0 fully saturated rings. The summed E-state index contributed by atoms with van der Waals surface area (Å²) in [6, 6.07) is 12.4. The fourth-order valence-corrected chi connectivity index (χ4v) is 8.14. The first-order valence-electron chi connectivity index (χ1n) is 13.5. The lowest BCUT2D eigenvalue weighted by molar-refractivity contribution is -0.116. The minimum Gasteiger partial charge on any atom is -0.369 e. The van der Waals surface area contributed by atoms with Crippen LogP contribution in [0.4, 0.5) is 10.8 Å². The zero-order valence-electron chi connectivity index (χ0n) is 23.0. The van der Waals surface area contributed by atoms with E-state index in [1.165, 1.54) is 15.6 Å². The van der Waals surface area contributed by atoms with Gasteiger partial charge in [0, 0.05) is 48.3 Å². The summed E-state index contributed by atoms with van der Waals surface area (Å²) >= 11 is 1.33. The van der Waals surface area contributed by atoms with Crippen molar-refractivity contribution in [2.24, 2.45) is 0 Å². The zero-order valence-corrected chi connectivity index (χ0v) is 25.5. The molecule has 1 aromatic heterocycles. The Labute approximate surface area is 241 Å². The standard InChI is InChI=1S/C28H36N4O5S3/c1-4-15-32(16-5-2)40(36,37)23-11-7-20(8-12-23)9-14-26(33)31-28-30-25(19-38-28)21-10-13-24-22(17-21)18-27(29-24)39(34,35)6-3/h7-8,10-13,17,19,27,29H,4-6,9,14-16,18H2,1-3H3,(H,30,31,33). The van der Waals surface area contributed by atoms with Crippen molar-refractivity contribution in [3.05, 3.63) is 59.0 Å². The Bertz CT molecular complexity index is 1540. The van der Waals surface area contributed by atoms with Crippen LogP contribution in [-0.4, -0.2) is 56.2 Å². The number of nitrogens with zero attached hydrogens (tertiary/aromatic N) is 2. The molecule has 1 unspecified atom stereocenters. The molecule has 216 valence electrons. The van der Waals surface area contributed by atoms with E-state index >= 15 is 0 Å². The summed E-state index contributed by atoms with van der Waals surface area (Å²) < 4.78 is 51.9. The molecule has 2 heterocycles. The van der Waals surface area contributed by atoms with Crippen LogP contribution in [0.2, 0.25) is 0 Å². The fraction of sp³-hybridized carbons (Fsp3) is 0.429. The molecular formula is C28H36N4O5S3. The summed E-state index contributed by atoms with van der Waals surface area (Å²) in [5.74, 6) is -0.0922. The fourth-order valence-electron chi connectivity index (χ4n) is 4.64. The number of benzene rings is 2. The van der Waals surface area contributed by atoms with Gasteiger partial charge in [0.15, 0.2) is 15.0 Å². The molecule has 0 saturated heterocycles. The van der Waals surface area contributed by atoms with Crippen LogP contribution in [0.15, 0.2) is 52.7 Å². The molecule has 1 amide bonds. The van der Waals surface area contributed by atoms with E-state index in [0.717, 1.165) is 35.2 Å². The van der Waals surface area contributed by atoms with Gasteiger partial charge in [-0.2, -0.15) is 4.31 Å². The van der Waals surface area contributed by atoms with Gasteiger partial charge in [0.05, 0.1) is 10.6 Å². The van der Waals surface area contributed by atoms with Crippen molar-refractivity contribution >= 4 is 47.9 Å². The number of aromatic nitrogens is 1. The number of hydrogen-bond donors (Lipinski definition) is 2. The van der Waals surface area contributed by atoms with E-state index in [9.17, 15) is 21.6 Å². The Morgan fingerprint density at radius 1 is 1.05 bits per heavy atom. The Balaban J connectivity index is 1.33. The first-order valence-corrected chi connectivity index (χ1v) is 17.6. The number of anilines is 2. The molecule has 0 spiro atoms. The largest absolute Gasteiger partial charge is 0.369 e. The second-order valence-corrected chi connectivity index (χ2v) is 15.1. The lowest BCUT2D eigenvalue weighted by Crippen LogP contribution is -2.32. The summed E-state index contributed by atoms with van der Waals surface area (Å²) in [7, 11) is -6.73. The maximum Gasteiger partial charge on any atom is 0.243 e. The van der Waals surface area contributed by atoms with Gasteiger partial charge in [0.1, 0.15) is 5.37 Å². The molecule has 0 saturated carbocycles. The predicted octanol–water partition coefficient (Wildman–Crippen LogP) is 4.92. The van der Waals surface area contributed by atoms with Gasteiger partial charge >= 0.3 is 0 Å². The third-order valence-corrected chi connectivity index (χ3v) is 11.5.